The molecule has 0 unspecified atom stereocenters. The van der Waals surface area contributed by atoms with E-state index in [1.807, 2.05) is 0 Å². The molecule has 0 rings (SSSR count). The smallest absolute Gasteiger partial charge is 0.224 e. The summed E-state index contributed by atoms with van der Waals surface area (Å²) in [6.45, 7) is 0.603. The van der Waals surface area contributed by atoms with Gasteiger partial charge in [-0.2, -0.15) is 0 Å². The molecular formula is C6H16CuN4O4. The SMILES string of the molecule is NCCC(O)=NO.NCCC(O)=NO.[Cu]. The van der Waals surface area contributed by atoms with Crippen molar-refractivity contribution in [3.8, 4) is 0 Å². The van der Waals surface area contributed by atoms with Crippen LogP contribution in [0, 0.1) is 0 Å². The van der Waals surface area contributed by atoms with Crippen LogP contribution in [0.2, 0.25) is 0 Å². The van der Waals surface area contributed by atoms with Gasteiger partial charge < -0.3 is 32.1 Å². The summed E-state index contributed by atoms with van der Waals surface area (Å²) in [4.78, 5) is 0. The second-order valence-corrected chi connectivity index (χ2v) is 2.11. The van der Waals surface area contributed by atoms with E-state index in [4.69, 9.17) is 32.1 Å². The molecule has 0 aliphatic carbocycles. The summed E-state index contributed by atoms with van der Waals surface area (Å²) in [5.74, 6) is -0.634. The second kappa shape index (κ2) is 15.5. The zero-order chi connectivity index (χ0) is 11.4. The van der Waals surface area contributed by atoms with Crippen molar-refractivity contribution < 1.29 is 37.7 Å². The molecule has 0 atom stereocenters. The molecule has 0 aromatic heterocycles. The number of nitrogens with two attached hydrogens (primary N) is 2. The Balaban J connectivity index is -0.000000180. The van der Waals surface area contributed by atoms with Crippen molar-refractivity contribution in [3.63, 3.8) is 0 Å². The summed E-state index contributed by atoms with van der Waals surface area (Å²) in [7, 11) is 0. The first kappa shape index (κ1) is 19.5. The zero-order valence-electron chi connectivity index (χ0n) is 7.97. The molecule has 15 heavy (non-hydrogen) atoms. The van der Waals surface area contributed by atoms with Crippen LogP contribution in [-0.2, 0) is 17.1 Å². The standard InChI is InChI=1S/2C3H8N2O2.Cu/c2*4-2-1-3(6)5-7;/h2*7H,1-2,4H2,(H,5,6);. The van der Waals surface area contributed by atoms with Gasteiger partial charge in [-0.15, -0.1) is 0 Å². The molecule has 8 nitrogen and oxygen atoms in total. The van der Waals surface area contributed by atoms with Crippen molar-refractivity contribution in [1.82, 2.24) is 0 Å². The van der Waals surface area contributed by atoms with Crippen LogP contribution in [-0.4, -0.2) is 45.5 Å². The number of hydrogen-bond acceptors (Lipinski definition) is 6. The number of oxime groups is 2. The average Bonchev–Trinajstić information content (AvgIpc) is 2.19. The van der Waals surface area contributed by atoms with E-state index in [1.165, 1.54) is 0 Å². The third-order valence-corrected chi connectivity index (χ3v) is 0.967. The molecule has 0 saturated carbocycles. The van der Waals surface area contributed by atoms with E-state index in [1.54, 1.807) is 0 Å². The zero-order valence-corrected chi connectivity index (χ0v) is 8.91. The van der Waals surface area contributed by atoms with Gasteiger partial charge >= 0.3 is 0 Å². The van der Waals surface area contributed by atoms with Crippen LogP contribution in [0.4, 0.5) is 0 Å². The molecule has 0 heterocycles. The van der Waals surface area contributed by atoms with Crippen molar-refractivity contribution in [2.45, 2.75) is 12.8 Å². The second-order valence-electron chi connectivity index (χ2n) is 2.11. The first-order valence-electron chi connectivity index (χ1n) is 3.82. The van der Waals surface area contributed by atoms with E-state index in [2.05, 4.69) is 10.3 Å². The van der Waals surface area contributed by atoms with E-state index < -0.39 is 0 Å². The summed E-state index contributed by atoms with van der Waals surface area (Å²) in [5, 5.41) is 37.0. The van der Waals surface area contributed by atoms with E-state index >= 15 is 0 Å². The van der Waals surface area contributed by atoms with Crippen molar-refractivity contribution in [3.05, 3.63) is 0 Å². The van der Waals surface area contributed by atoms with Crippen molar-refractivity contribution >= 4 is 11.8 Å². The number of rotatable bonds is 4. The van der Waals surface area contributed by atoms with E-state index in [-0.39, 0.29) is 41.7 Å². The molecule has 1 radical (unpaired) electrons. The largest absolute Gasteiger partial charge is 0.494 e. The maximum absolute atomic E-state index is 8.28. The fourth-order valence-corrected chi connectivity index (χ4v) is 0.358. The molecule has 0 aromatic rings. The quantitative estimate of drug-likeness (QED) is 0.131. The van der Waals surface area contributed by atoms with Crippen LogP contribution in [0.15, 0.2) is 10.3 Å². The summed E-state index contributed by atoms with van der Waals surface area (Å²) in [6, 6.07) is 0. The van der Waals surface area contributed by atoms with Crippen LogP contribution in [0.5, 0.6) is 0 Å². The Morgan fingerprint density at radius 3 is 1.20 bits per heavy atom. The van der Waals surface area contributed by atoms with Crippen LogP contribution in [0.3, 0.4) is 0 Å². The molecule has 0 spiro atoms. The van der Waals surface area contributed by atoms with Gasteiger partial charge in [-0.1, -0.05) is 10.3 Å². The molecule has 0 amide bonds. The van der Waals surface area contributed by atoms with Gasteiger partial charge in [0.25, 0.3) is 0 Å². The van der Waals surface area contributed by atoms with Gasteiger partial charge in [-0.25, -0.2) is 0 Å². The van der Waals surface area contributed by atoms with E-state index in [9.17, 15) is 0 Å². The van der Waals surface area contributed by atoms with Crippen LogP contribution < -0.4 is 11.5 Å². The minimum absolute atomic E-state index is 0. The Hall–Kier alpha value is -1.02. The summed E-state index contributed by atoms with van der Waals surface area (Å²) >= 11 is 0. The van der Waals surface area contributed by atoms with Gasteiger partial charge in [0.2, 0.25) is 11.8 Å². The van der Waals surface area contributed by atoms with Crippen LogP contribution in [0.1, 0.15) is 12.8 Å². The first-order valence-corrected chi connectivity index (χ1v) is 3.82. The topological polar surface area (TPSA) is 158 Å². The molecule has 0 saturated heterocycles. The molecule has 8 N–H and O–H groups in total. The molecule has 0 bridgehead atoms. The summed E-state index contributed by atoms with van der Waals surface area (Å²) in [5.41, 5.74) is 9.91. The van der Waals surface area contributed by atoms with Crippen molar-refractivity contribution in [2.75, 3.05) is 13.1 Å². The number of nitrogens with zero attached hydrogens (tertiary/aromatic N) is 2. The fourth-order valence-electron chi connectivity index (χ4n) is 0.358. The van der Waals surface area contributed by atoms with Crippen LogP contribution >= 0.6 is 0 Å². The van der Waals surface area contributed by atoms with Crippen molar-refractivity contribution in [1.29, 1.82) is 0 Å². The van der Waals surface area contributed by atoms with E-state index in [0.717, 1.165) is 0 Å². The molecule has 0 aliphatic heterocycles. The van der Waals surface area contributed by atoms with Gasteiger partial charge in [-0.3, -0.25) is 0 Å². The maximum atomic E-state index is 8.28. The molecule has 0 fully saturated rings. The Labute approximate surface area is 97.7 Å². The Morgan fingerprint density at radius 2 is 1.13 bits per heavy atom. The third kappa shape index (κ3) is 19.4. The normalized spacial score (nSPS) is 11.1. The Morgan fingerprint density at radius 1 is 0.867 bits per heavy atom. The maximum Gasteiger partial charge on any atom is 0.224 e. The summed E-state index contributed by atoms with van der Waals surface area (Å²) < 4.78 is 0. The predicted octanol–water partition coefficient (Wildman–Crippen LogP) is -0.641. The average molecular weight is 272 g/mol. The molecular weight excluding hydrogens is 256 g/mol. The molecule has 0 aliphatic rings. The predicted molar refractivity (Wildman–Crippen MR) is 51.0 cm³/mol. The van der Waals surface area contributed by atoms with Crippen LogP contribution in [0.25, 0.3) is 0 Å². The minimum Gasteiger partial charge on any atom is -0.494 e. The fraction of sp³-hybridized carbons (Fsp3) is 0.667. The molecule has 95 valence electrons. The van der Waals surface area contributed by atoms with Gasteiger partial charge in [0.05, 0.1) is 0 Å². The van der Waals surface area contributed by atoms with Gasteiger partial charge in [0, 0.05) is 43.0 Å². The van der Waals surface area contributed by atoms with Crippen molar-refractivity contribution in [2.24, 2.45) is 21.8 Å². The van der Waals surface area contributed by atoms with Gasteiger partial charge in [-0.05, 0) is 0 Å². The Bertz CT molecular complexity index is 168. The van der Waals surface area contributed by atoms with E-state index in [0.29, 0.717) is 13.1 Å². The van der Waals surface area contributed by atoms with Gasteiger partial charge in [0.1, 0.15) is 0 Å². The first-order chi connectivity index (χ1) is 6.62. The number of aliphatic hydroxyl groups excluding tert-OH is 2. The van der Waals surface area contributed by atoms with Gasteiger partial charge in [0.15, 0.2) is 0 Å². The number of aliphatic hydroxyl groups is 2. The number of hydrogen-bond donors (Lipinski definition) is 6. The third-order valence-electron chi connectivity index (χ3n) is 0.967. The summed E-state index contributed by atoms with van der Waals surface area (Å²) in [6.07, 6.45) is 0.465. The minimum atomic E-state index is -0.317. The Kier molecular flexibility index (Phi) is 20.1. The monoisotopic (exact) mass is 271 g/mol. The molecule has 9 heteroatoms. The molecule has 0 aromatic carbocycles.